The third-order valence-electron chi connectivity index (χ3n) is 0.348. The minimum atomic E-state index is -0.833. The maximum atomic E-state index is 9.82. The highest BCUT2D eigenvalue weighted by molar-refractivity contribution is 5.65. The normalized spacial score (nSPS) is 6.46. The van der Waals surface area contributed by atoms with Crippen LogP contribution in [-0.2, 0) is 19.1 Å². The fourth-order valence-electron chi connectivity index (χ4n) is 0.203. The zero-order valence-electron chi connectivity index (χ0n) is 8.36. The lowest BCUT2D eigenvalue weighted by molar-refractivity contribution is -0.140. The van der Waals surface area contributed by atoms with Gasteiger partial charge in [-0.1, -0.05) is 0 Å². The molecule has 0 bridgehead atoms. The Morgan fingerprint density at radius 3 is 1.62 bits per heavy atom. The van der Waals surface area contributed by atoms with Gasteiger partial charge in [-0.2, -0.15) is 0 Å². The maximum Gasteiger partial charge on any atom is 0.302 e. The van der Waals surface area contributed by atoms with Crippen molar-refractivity contribution >= 4 is 18.2 Å². The number of rotatable bonds is 1. The Balaban J connectivity index is -0.000000125. The summed E-state index contributed by atoms with van der Waals surface area (Å²) in [5, 5.41) is 7.42. The van der Waals surface area contributed by atoms with Crippen LogP contribution in [0.4, 0.5) is 0 Å². The summed E-state index contributed by atoms with van der Waals surface area (Å²) in [4.78, 5) is 27.6. The number of carbonyl (C=O) groups excluding carboxylic acids is 2. The monoisotopic (exact) mass is 192 g/mol. The van der Waals surface area contributed by atoms with E-state index in [-0.39, 0.29) is 5.97 Å². The summed E-state index contributed by atoms with van der Waals surface area (Å²) >= 11 is 0. The Bertz CT molecular complexity index is 137. The first-order valence-corrected chi connectivity index (χ1v) is 3.64. The van der Waals surface area contributed by atoms with Crippen LogP contribution in [0.3, 0.4) is 0 Å². The van der Waals surface area contributed by atoms with Gasteiger partial charge >= 0.3 is 5.97 Å². The molecule has 0 saturated heterocycles. The van der Waals surface area contributed by atoms with Gasteiger partial charge in [0.25, 0.3) is 5.97 Å². The number of hydrogen-bond donors (Lipinski definition) is 1. The first-order chi connectivity index (χ1) is 5.92. The highest BCUT2D eigenvalue weighted by Crippen LogP contribution is 1.69. The van der Waals surface area contributed by atoms with Crippen LogP contribution >= 0.6 is 0 Å². The lowest BCUT2D eigenvalue weighted by Crippen LogP contribution is -1.95. The van der Waals surface area contributed by atoms with Crippen LogP contribution < -0.4 is 0 Å². The van der Waals surface area contributed by atoms with Gasteiger partial charge in [0, 0.05) is 13.8 Å². The molecule has 78 valence electrons. The molecule has 0 heterocycles. The molecule has 0 radical (unpaired) electrons. The molecule has 0 aromatic heterocycles. The molecule has 0 aliphatic rings. The quantitative estimate of drug-likeness (QED) is 0.492. The number of ether oxygens (including phenoxy) is 1. The fourth-order valence-corrected chi connectivity index (χ4v) is 0.203. The molecule has 0 spiro atoms. The smallest absolute Gasteiger partial charge is 0.302 e. The lowest BCUT2D eigenvalue weighted by atomic mass is 10.8. The Kier molecular flexibility index (Phi) is 22.9. The molecular weight excluding hydrogens is 176 g/mol. The zero-order valence-corrected chi connectivity index (χ0v) is 8.36. The number of hydrogen-bond acceptors (Lipinski definition) is 4. The third-order valence-corrected chi connectivity index (χ3v) is 0.348. The molecule has 1 N–H and O–H groups in total. The summed E-state index contributed by atoms with van der Waals surface area (Å²) in [5.74, 6) is -1.04. The van der Waals surface area contributed by atoms with Crippen LogP contribution in [0.2, 0.25) is 0 Å². The first-order valence-electron chi connectivity index (χ1n) is 3.64. The highest BCUT2D eigenvalue weighted by atomic mass is 16.5. The van der Waals surface area contributed by atoms with E-state index in [0.717, 1.165) is 13.2 Å². The van der Waals surface area contributed by atoms with E-state index in [0.29, 0.717) is 6.61 Å². The summed E-state index contributed by atoms with van der Waals surface area (Å²) in [6.07, 6.45) is 0.750. The molecule has 5 nitrogen and oxygen atoms in total. The number of aldehydes is 1. The van der Waals surface area contributed by atoms with Crippen LogP contribution in [0.1, 0.15) is 27.7 Å². The molecule has 0 saturated carbocycles. The lowest BCUT2D eigenvalue weighted by Gasteiger charge is -1.89. The van der Waals surface area contributed by atoms with E-state index in [1.165, 1.54) is 13.8 Å². The van der Waals surface area contributed by atoms with Gasteiger partial charge in [0.05, 0.1) is 6.61 Å². The largest absolute Gasteiger partial charge is 0.481 e. The molecular formula is C8H16O5. The van der Waals surface area contributed by atoms with E-state index < -0.39 is 5.97 Å². The molecule has 0 aromatic carbocycles. The minimum Gasteiger partial charge on any atom is -0.481 e. The second-order valence-electron chi connectivity index (χ2n) is 1.68. The zero-order chi connectivity index (χ0) is 11.3. The second kappa shape index (κ2) is 16.9. The summed E-state index contributed by atoms with van der Waals surface area (Å²) in [6, 6.07) is 0. The van der Waals surface area contributed by atoms with Gasteiger partial charge in [-0.25, -0.2) is 0 Å². The average molecular weight is 192 g/mol. The van der Waals surface area contributed by atoms with Gasteiger partial charge in [0.1, 0.15) is 6.29 Å². The Labute approximate surface area is 77.7 Å². The molecule has 0 amide bonds. The molecule has 0 aliphatic carbocycles. The van der Waals surface area contributed by atoms with Crippen LogP contribution in [0, 0.1) is 0 Å². The van der Waals surface area contributed by atoms with Gasteiger partial charge in [-0.3, -0.25) is 9.59 Å². The van der Waals surface area contributed by atoms with E-state index in [1.54, 1.807) is 6.92 Å². The SMILES string of the molecule is CC(=O)O.CC=O.CCOC(C)=O. The number of carboxylic acid groups (broad SMARTS) is 1. The summed E-state index contributed by atoms with van der Waals surface area (Å²) in [6.45, 7) is 6.18. The van der Waals surface area contributed by atoms with E-state index >= 15 is 0 Å². The van der Waals surface area contributed by atoms with E-state index in [2.05, 4.69) is 4.74 Å². The highest BCUT2D eigenvalue weighted by Gasteiger charge is 1.81. The number of esters is 1. The van der Waals surface area contributed by atoms with Crippen LogP contribution in [0.25, 0.3) is 0 Å². The maximum absolute atomic E-state index is 9.82. The van der Waals surface area contributed by atoms with Gasteiger partial charge in [-0.05, 0) is 13.8 Å². The number of aliphatic carboxylic acids is 1. The van der Waals surface area contributed by atoms with Crippen molar-refractivity contribution in [3.63, 3.8) is 0 Å². The number of carbonyl (C=O) groups is 3. The summed E-state index contributed by atoms with van der Waals surface area (Å²) in [7, 11) is 0. The average Bonchev–Trinajstić information content (AvgIpc) is 1.86. The second-order valence-corrected chi connectivity index (χ2v) is 1.68. The van der Waals surface area contributed by atoms with Crippen molar-refractivity contribution in [3.05, 3.63) is 0 Å². The molecule has 13 heavy (non-hydrogen) atoms. The molecule has 0 aromatic rings. The molecule has 0 fully saturated rings. The van der Waals surface area contributed by atoms with Gasteiger partial charge in [0.15, 0.2) is 0 Å². The minimum absolute atomic E-state index is 0.211. The standard InChI is InChI=1S/C4H8O2.C2H4O2.C2H4O/c1-3-6-4(2)5;1-2(3)4;1-2-3/h3H2,1-2H3;1H3,(H,3,4);2H,1H3. The van der Waals surface area contributed by atoms with Crippen molar-refractivity contribution < 1.29 is 24.2 Å². The molecule has 0 unspecified atom stereocenters. The van der Waals surface area contributed by atoms with Crippen molar-refractivity contribution in [3.8, 4) is 0 Å². The third kappa shape index (κ3) is 303. The Morgan fingerprint density at radius 2 is 1.62 bits per heavy atom. The first kappa shape index (κ1) is 17.6. The predicted molar refractivity (Wildman–Crippen MR) is 47.4 cm³/mol. The van der Waals surface area contributed by atoms with Crippen LogP contribution in [-0.4, -0.2) is 29.9 Å². The van der Waals surface area contributed by atoms with Crippen molar-refractivity contribution in [2.24, 2.45) is 0 Å². The summed E-state index contributed by atoms with van der Waals surface area (Å²) < 4.78 is 4.40. The van der Waals surface area contributed by atoms with Crippen LogP contribution in [0.15, 0.2) is 0 Å². The molecule has 0 aliphatic heterocycles. The summed E-state index contributed by atoms with van der Waals surface area (Å²) in [5.41, 5.74) is 0. The van der Waals surface area contributed by atoms with Gasteiger partial charge in [0.2, 0.25) is 0 Å². The van der Waals surface area contributed by atoms with E-state index in [1.807, 2.05) is 0 Å². The van der Waals surface area contributed by atoms with Crippen molar-refractivity contribution in [2.75, 3.05) is 6.61 Å². The topological polar surface area (TPSA) is 80.7 Å². The molecule has 0 rings (SSSR count). The predicted octanol–water partition coefficient (Wildman–Crippen LogP) is 0.865. The van der Waals surface area contributed by atoms with Gasteiger partial charge in [-0.15, -0.1) is 0 Å². The Hall–Kier alpha value is -1.39. The molecule has 5 heteroatoms. The van der Waals surface area contributed by atoms with Crippen LogP contribution in [0.5, 0.6) is 0 Å². The Morgan fingerprint density at radius 1 is 1.38 bits per heavy atom. The molecule has 0 atom stereocenters. The van der Waals surface area contributed by atoms with E-state index in [4.69, 9.17) is 14.7 Å². The van der Waals surface area contributed by atoms with Crippen molar-refractivity contribution in [1.29, 1.82) is 0 Å². The van der Waals surface area contributed by atoms with E-state index in [9.17, 15) is 4.79 Å². The van der Waals surface area contributed by atoms with Crippen molar-refractivity contribution in [2.45, 2.75) is 27.7 Å². The fraction of sp³-hybridized carbons (Fsp3) is 0.625. The number of carboxylic acids is 1. The van der Waals surface area contributed by atoms with Crippen molar-refractivity contribution in [1.82, 2.24) is 0 Å². The van der Waals surface area contributed by atoms with Gasteiger partial charge < -0.3 is 14.6 Å².